The van der Waals surface area contributed by atoms with E-state index in [0.717, 1.165) is 11.3 Å². The van der Waals surface area contributed by atoms with Gasteiger partial charge in [0.2, 0.25) is 0 Å². The van der Waals surface area contributed by atoms with Crippen molar-refractivity contribution in [1.82, 2.24) is 9.88 Å². The summed E-state index contributed by atoms with van der Waals surface area (Å²) in [5, 5.41) is 0.390. The van der Waals surface area contributed by atoms with Crippen molar-refractivity contribution in [2.45, 2.75) is 6.92 Å². The fraction of sp³-hybridized carbons (Fsp3) is 0.250. The van der Waals surface area contributed by atoms with E-state index in [2.05, 4.69) is 4.98 Å². The van der Waals surface area contributed by atoms with Crippen LogP contribution in [0.2, 0.25) is 10.3 Å². The third-order valence-electron chi connectivity index (χ3n) is 3.13. The Balaban J connectivity index is 1.93. The van der Waals surface area contributed by atoms with E-state index in [0.29, 0.717) is 18.7 Å². The Morgan fingerprint density at radius 2 is 1.86 bits per heavy atom. The molecule has 0 spiro atoms. The van der Waals surface area contributed by atoms with Gasteiger partial charge < -0.3 is 9.64 Å². The van der Waals surface area contributed by atoms with Crippen LogP contribution in [0, 0.1) is 6.92 Å². The molecular weight excluding hydrogens is 323 g/mol. The molecule has 1 aromatic carbocycles. The van der Waals surface area contributed by atoms with Crippen LogP contribution in [0.25, 0.3) is 0 Å². The number of pyridine rings is 1. The first kappa shape index (κ1) is 16.6. The zero-order chi connectivity index (χ0) is 16.1. The number of carbonyl (C=O) groups excluding carboxylic acids is 1. The molecule has 2 aromatic rings. The predicted octanol–water partition coefficient (Wildman–Crippen LogP) is 3.85. The van der Waals surface area contributed by atoms with Crippen LogP contribution in [0.15, 0.2) is 36.4 Å². The van der Waals surface area contributed by atoms with Gasteiger partial charge in [0.1, 0.15) is 22.7 Å². The highest BCUT2D eigenvalue weighted by molar-refractivity contribution is 6.33. The van der Waals surface area contributed by atoms with Gasteiger partial charge in [-0.3, -0.25) is 4.79 Å². The Bertz CT molecular complexity index is 657. The Hall–Kier alpha value is -1.78. The van der Waals surface area contributed by atoms with Crippen molar-refractivity contribution in [3.8, 4) is 5.75 Å². The Morgan fingerprint density at radius 3 is 2.50 bits per heavy atom. The molecule has 0 saturated carbocycles. The number of likely N-dealkylation sites (N-methyl/N-ethyl adjacent to an activating group) is 1. The van der Waals surface area contributed by atoms with E-state index in [1.807, 2.05) is 31.2 Å². The topological polar surface area (TPSA) is 42.4 Å². The third-order valence-corrected chi connectivity index (χ3v) is 3.52. The predicted molar refractivity (Wildman–Crippen MR) is 87.9 cm³/mol. The molecule has 22 heavy (non-hydrogen) atoms. The van der Waals surface area contributed by atoms with Gasteiger partial charge in [-0.25, -0.2) is 4.98 Å². The fourth-order valence-corrected chi connectivity index (χ4v) is 2.38. The molecule has 0 saturated heterocycles. The van der Waals surface area contributed by atoms with Crippen LogP contribution in [0.1, 0.15) is 15.9 Å². The molecule has 2 rings (SSSR count). The summed E-state index contributed by atoms with van der Waals surface area (Å²) in [5.41, 5.74) is 1.47. The summed E-state index contributed by atoms with van der Waals surface area (Å²) in [6, 6.07) is 10.7. The molecule has 116 valence electrons. The minimum Gasteiger partial charge on any atom is -0.491 e. The first-order valence-corrected chi connectivity index (χ1v) is 7.50. The molecule has 4 nitrogen and oxygen atoms in total. The van der Waals surface area contributed by atoms with Crippen molar-refractivity contribution in [2.75, 3.05) is 20.2 Å². The number of aromatic nitrogens is 1. The Kier molecular flexibility index (Phi) is 5.63. The van der Waals surface area contributed by atoms with Gasteiger partial charge in [0.05, 0.1) is 6.54 Å². The fourth-order valence-electron chi connectivity index (χ4n) is 1.92. The number of nitrogens with zero attached hydrogens (tertiary/aromatic N) is 2. The molecule has 1 aromatic heterocycles. The van der Waals surface area contributed by atoms with Gasteiger partial charge in [0.25, 0.3) is 5.91 Å². The maximum Gasteiger partial charge on any atom is 0.253 e. The van der Waals surface area contributed by atoms with E-state index in [9.17, 15) is 4.79 Å². The lowest BCUT2D eigenvalue weighted by Crippen LogP contribution is -2.31. The summed E-state index contributed by atoms with van der Waals surface area (Å²) < 4.78 is 5.68. The number of rotatable bonds is 5. The first-order valence-electron chi connectivity index (χ1n) is 6.74. The van der Waals surface area contributed by atoms with Crippen LogP contribution in [0.5, 0.6) is 5.75 Å². The van der Waals surface area contributed by atoms with Gasteiger partial charge in [-0.2, -0.15) is 0 Å². The van der Waals surface area contributed by atoms with Gasteiger partial charge in [0.15, 0.2) is 0 Å². The Labute approximate surface area is 139 Å². The summed E-state index contributed by atoms with van der Waals surface area (Å²) >= 11 is 11.6. The summed E-state index contributed by atoms with van der Waals surface area (Å²) in [6.07, 6.45) is 0. The minimum atomic E-state index is -0.181. The van der Waals surface area contributed by atoms with Gasteiger partial charge in [-0.15, -0.1) is 0 Å². The molecular formula is C16H16Cl2N2O2. The maximum absolute atomic E-state index is 12.3. The average Bonchev–Trinajstić information content (AvgIpc) is 2.47. The molecule has 0 aliphatic carbocycles. The van der Waals surface area contributed by atoms with Gasteiger partial charge in [-0.1, -0.05) is 41.4 Å². The second-order valence-electron chi connectivity index (χ2n) is 4.84. The summed E-state index contributed by atoms with van der Waals surface area (Å²) in [6.45, 7) is 2.83. The van der Waals surface area contributed by atoms with Gasteiger partial charge >= 0.3 is 0 Å². The smallest absolute Gasteiger partial charge is 0.253 e. The number of amides is 1. The molecule has 0 unspecified atom stereocenters. The van der Waals surface area contributed by atoms with Crippen LogP contribution in [0.4, 0.5) is 0 Å². The molecule has 1 heterocycles. The lowest BCUT2D eigenvalue weighted by Gasteiger charge is -2.18. The summed E-state index contributed by atoms with van der Waals surface area (Å²) in [7, 11) is 1.70. The number of halogens is 2. The largest absolute Gasteiger partial charge is 0.491 e. The quantitative estimate of drug-likeness (QED) is 0.777. The molecule has 0 atom stereocenters. The van der Waals surface area contributed by atoms with E-state index < -0.39 is 0 Å². The SMILES string of the molecule is Cc1ccccc1OCCN(C)C(=O)c1cc(Cl)nc(Cl)c1. The number of ether oxygens (including phenoxy) is 1. The van der Waals surface area contributed by atoms with Crippen LogP contribution in [0.3, 0.4) is 0 Å². The monoisotopic (exact) mass is 338 g/mol. The second-order valence-corrected chi connectivity index (χ2v) is 5.62. The molecule has 0 fully saturated rings. The molecule has 0 radical (unpaired) electrons. The molecule has 0 N–H and O–H groups in total. The van der Waals surface area contributed by atoms with E-state index in [1.54, 1.807) is 11.9 Å². The standard InChI is InChI=1S/C16H16Cl2N2O2/c1-11-5-3-4-6-13(11)22-8-7-20(2)16(21)12-9-14(17)19-15(18)10-12/h3-6,9-10H,7-8H2,1-2H3. The lowest BCUT2D eigenvalue weighted by atomic mass is 10.2. The number of carbonyl (C=O) groups is 1. The molecule has 1 amide bonds. The maximum atomic E-state index is 12.3. The first-order chi connectivity index (χ1) is 10.5. The van der Waals surface area contributed by atoms with Crippen molar-refractivity contribution in [3.05, 3.63) is 57.8 Å². The number of aryl methyl sites for hydroxylation is 1. The van der Waals surface area contributed by atoms with Crippen molar-refractivity contribution in [2.24, 2.45) is 0 Å². The van der Waals surface area contributed by atoms with E-state index >= 15 is 0 Å². The van der Waals surface area contributed by atoms with Crippen LogP contribution >= 0.6 is 23.2 Å². The van der Waals surface area contributed by atoms with Crippen LogP contribution < -0.4 is 4.74 Å². The normalized spacial score (nSPS) is 10.4. The molecule has 6 heteroatoms. The highest BCUT2D eigenvalue weighted by atomic mass is 35.5. The lowest BCUT2D eigenvalue weighted by molar-refractivity contribution is 0.0773. The average molecular weight is 339 g/mol. The number of hydrogen-bond donors (Lipinski definition) is 0. The zero-order valence-electron chi connectivity index (χ0n) is 12.3. The van der Waals surface area contributed by atoms with Crippen molar-refractivity contribution >= 4 is 29.1 Å². The minimum absolute atomic E-state index is 0.181. The highest BCUT2D eigenvalue weighted by Gasteiger charge is 2.13. The van der Waals surface area contributed by atoms with E-state index in [-0.39, 0.29) is 16.2 Å². The summed E-state index contributed by atoms with van der Waals surface area (Å²) in [5.74, 6) is 0.637. The van der Waals surface area contributed by atoms with E-state index in [4.69, 9.17) is 27.9 Å². The van der Waals surface area contributed by atoms with Crippen LogP contribution in [-0.2, 0) is 0 Å². The number of benzene rings is 1. The second kappa shape index (κ2) is 7.47. The van der Waals surface area contributed by atoms with E-state index in [1.165, 1.54) is 12.1 Å². The van der Waals surface area contributed by atoms with Crippen molar-refractivity contribution in [1.29, 1.82) is 0 Å². The highest BCUT2D eigenvalue weighted by Crippen LogP contribution is 2.17. The number of hydrogen-bond acceptors (Lipinski definition) is 3. The summed E-state index contributed by atoms with van der Waals surface area (Å²) in [4.78, 5) is 17.7. The Morgan fingerprint density at radius 1 is 1.23 bits per heavy atom. The van der Waals surface area contributed by atoms with Crippen molar-refractivity contribution < 1.29 is 9.53 Å². The van der Waals surface area contributed by atoms with Crippen molar-refractivity contribution in [3.63, 3.8) is 0 Å². The number of para-hydroxylation sites is 1. The molecule has 0 aliphatic heterocycles. The van der Waals surface area contributed by atoms with Crippen LogP contribution in [-0.4, -0.2) is 36.0 Å². The zero-order valence-corrected chi connectivity index (χ0v) is 13.9. The van der Waals surface area contributed by atoms with Gasteiger partial charge in [0, 0.05) is 12.6 Å². The molecule has 0 aliphatic rings. The van der Waals surface area contributed by atoms with Gasteiger partial charge in [-0.05, 0) is 30.7 Å². The third kappa shape index (κ3) is 4.36. The molecule has 0 bridgehead atoms.